The van der Waals surface area contributed by atoms with Gasteiger partial charge in [-0.2, -0.15) is 5.10 Å². The molecule has 0 saturated carbocycles. The van der Waals surface area contributed by atoms with Gasteiger partial charge in [0.05, 0.1) is 11.7 Å². The van der Waals surface area contributed by atoms with E-state index in [1.807, 2.05) is 27.1 Å². The highest BCUT2D eigenvalue weighted by Crippen LogP contribution is 2.09. The van der Waals surface area contributed by atoms with Crippen molar-refractivity contribution in [3.63, 3.8) is 0 Å². The quantitative estimate of drug-likeness (QED) is 0.804. The number of likely N-dealkylation sites (N-methyl/N-ethyl adjacent to an activating group) is 2. The second-order valence-electron chi connectivity index (χ2n) is 4.56. The average Bonchev–Trinajstić information content (AvgIpc) is 2.62. The molecule has 0 unspecified atom stereocenters. The molecular weight excluding hydrogens is 204 g/mol. The fraction of sp³-hybridized carbons (Fsp3) is 0.636. The number of aromatic nitrogens is 2. The van der Waals surface area contributed by atoms with Crippen LogP contribution < -0.4 is 5.32 Å². The average molecular weight is 224 g/mol. The number of rotatable bonds is 4. The minimum Gasteiger partial charge on any atom is -0.340 e. The molecule has 0 aromatic carbocycles. The molecule has 90 valence electrons. The van der Waals surface area contributed by atoms with E-state index in [1.165, 1.54) is 0 Å². The summed E-state index contributed by atoms with van der Waals surface area (Å²) in [5, 5.41) is 7.08. The van der Waals surface area contributed by atoms with Crippen molar-refractivity contribution in [3.05, 3.63) is 18.0 Å². The third kappa shape index (κ3) is 2.82. The molecule has 1 rings (SSSR count). The summed E-state index contributed by atoms with van der Waals surface area (Å²) >= 11 is 0. The topological polar surface area (TPSA) is 50.2 Å². The zero-order valence-corrected chi connectivity index (χ0v) is 10.6. The van der Waals surface area contributed by atoms with E-state index in [0.717, 1.165) is 5.56 Å². The third-order valence-corrected chi connectivity index (χ3v) is 2.68. The van der Waals surface area contributed by atoms with E-state index in [4.69, 9.17) is 0 Å². The Morgan fingerprint density at radius 3 is 2.69 bits per heavy atom. The summed E-state index contributed by atoms with van der Waals surface area (Å²) in [7, 11) is 5.45. The van der Waals surface area contributed by atoms with Crippen molar-refractivity contribution >= 4 is 5.91 Å². The molecule has 1 N–H and O–H groups in total. The van der Waals surface area contributed by atoms with Crippen molar-refractivity contribution in [1.29, 1.82) is 0 Å². The highest BCUT2D eigenvalue weighted by molar-refractivity contribution is 5.85. The second-order valence-corrected chi connectivity index (χ2v) is 4.56. The van der Waals surface area contributed by atoms with Crippen LogP contribution in [0.25, 0.3) is 0 Å². The fourth-order valence-corrected chi connectivity index (χ4v) is 1.48. The van der Waals surface area contributed by atoms with Gasteiger partial charge in [-0.3, -0.25) is 9.48 Å². The summed E-state index contributed by atoms with van der Waals surface area (Å²) in [6.07, 6.45) is 3.69. The Labute approximate surface area is 96.4 Å². The summed E-state index contributed by atoms with van der Waals surface area (Å²) < 4.78 is 1.73. The van der Waals surface area contributed by atoms with E-state index in [2.05, 4.69) is 10.4 Å². The van der Waals surface area contributed by atoms with E-state index >= 15 is 0 Å². The van der Waals surface area contributed by atoms with E-state index < -0.39 is 5.54 Å². The Morgan fingerprint density at radius 1 is 1.62 bits per heavy atom. The summed E-state index contributed by atoms with van der Waals surface area (Å²) in [4.78, 5) is 13.7. The molecule has 0 aliphatic rings. The number of amides is 1. The predicted molar refractivity (Wildman–Crippen MR) is 62.8 cm³/mol. The molecule has 0 radical (unpaired) electrons. The van der Waals surface area contributed by atoms with Gasteiger partial charge in [-0.15, -0.1) is 0 Å². The Morgan fingerprint density at radius 2 is 2.25 bits per heavy atom. The lowest BCUT2D eigenvalue weighted by Gasteiger charge is -2.28. The van der Waals surface area contributed by atoms with Gasteiger partial charge in [-0.1, -0.05) is 0 Å². The minimum atomic E-state index is -0.531. The van der Waals surface area contributed by atoms with E-state index in [1.54, 1.807) is 29.9 Å². The van der Waals surface area contributed by atoms with Gasteiger partial charge >= 0.3 is 0 Å². The molecule has 0 aliphatic carbocycles. The third-order valence-electron chi connectivity index (χ3n) is 2.68. The van der Waals surface area contributed by atoms with Crippen LogP contribution in [0.5, 0.6) is 0 Å². The smallest absolute Gasteiger partial charge is 0.242 e. The molecule has 0 fully saturated rings. The number of hydrogen-bond acceptors (Lipinski definition) is 3. The first kappa shape index (κ1) is 12.7. The van der Waals surface area contributed by atoms with Crippen LogP contribution in [0.1, 0.15) is 19.4 Å². The summed E-state index contributed by atoms with van der Waals surface area (Å²) in [6, 6.07) is 0. The van der Waals surface area contributed by atoms with Crippen LogP contribution in [-0.2, 0) is 18.4 Å². The Kier molecular flexibility index (Phi) is 3.70. The SMILES string of the molecule is CNC(C)(C)C(=O)N(C)Cc1cnn(C)c1. The van der Waals surface area contributed by atoms with Crippen molar-refractivity contribution in [2.24, 2.45) is 7.05 Å². The van der Waals surface area contributed by atoms with E-state index in [-0.39, 0.29) is 5.91 Å². The lowest BCUT2D eigenvalue weighted by atomic mass is 10.0. The highest BCUT2D eigenvalue weighted by atomic mass is 16.2. The van der Waals surface area contributed by atoms with Gasteiger partial charge < -0.3 is 10.2 Å². The number of carbonyl (C=O) groups is 1. The molecule has 1 amide bonds. The van der Waals surface area contributed by atoms with Gasteiger partial charge in [-0.05, 0) is 20.9 Å². The molecule has 1 aromatic rings. The Bertz CT molecular complexity index is 370. The maximum Gasteiger partial charge on any atom is 0.242 e. The molecule has 1 heterocycles. The predicted octanol–water partition coefficient (Wildman–Crippen LogP) is 0.376. The van der Waals surface area contributed by atoms with E-state index in [9.17, 15) is 4.79 Å². The maximum absolute atomic E-state index is 12.0. The van der Waals surface area contributed by atoms with Crippen molar-refractivity contribution in [2.45, 2.75) is 25.9 Å². The summed E-state index contributed by atoms with van der Waals surface area (Å²) in [5.41, 5.74) is 0.502. The summed E-state index contributed by atoms with van der Waals surface area (Å²) in [6.45, 7) is 4.32. The van der Waals surface area contributed by atoms with Crippen LogP contribution in [0.15, 0.2) is 12.4 Å². The van der Waals surface area contributed by atoms with E-state index in [0.29, 0.717) is 6.54 Å². The van der Waals surface area contributed by atoms with Crippen LogP contribution >= 0.6 is 0 Å². The standard InChI is InChI=1S/C11H20N4O/c1-11(2,12-3)10(16)14(4)7-9-6-13-15(5)8-9/h6,8,12H,7H2,1-5H3. The van der Waals surface area contributed by atoms with Crippen molar-refractivity contribution < 1.29 is 4.79 Å². The molecule has 1 aromatic heterocycles. The van der Waals surface area contributed by atoms with Gasteiger partial charge in [0.2, 0.25) is 5.91 Å². The molecule has 5 nitrogen and oxygen atoms in total. The lowest BCUT2D eigenvalue weighted by molar-refractivity contribution is -0.136. The number of nitrogens with zero attached hydrogens (tertiary/aromatic N) is 3. The van der Waals surface area contributed by atoms with Crippen LogP contribution in [0.2, 0.25) is 0 Å². The first-order valence-corrected chi connectivity index (χ1v) is 5.29. The highest BCUT2D eigenvalue weighted by Gasteiger charge is 2.28. The number of nitrogens with one attached hydrogen (secondary N) is 1. The second kappa shape index (κ2) is 4.65. The zero-order valence-electron chi connectivity index (χ0n) is 10.6. The molecular formula is C11H20N4O. The molecule has 0 bridgehead atoms. The number of carbonyl (C=O) groups excluding carboxylic acids is 1. The van der Waals surface area contributed by atoms with Gasteiger partial charge in [0, 0.05) is 32.4 Å². The molecule has 0 aliphatic heterocycles. The first-order chi connectivity index (χ1) is 7.36. The van der Waals surface area contributed by atoms with Gasteiger partial charge in [0.1, 0.15) is 0 Å². The summed E-state index contributed by atoms with van der Waals surface area (Å²) in [5.74, 6) is 0.0684. The monoisotopic (exact) mass is 224 g/mol. The zero-order chi connectivity index (χ0) is 12.3. The lowest BCUT2D eigenvalue weighted by Crippen LogP contribution is -2.51. The molecule has 0 saturated heterocycles. The fourth-order valence-electron chi connectivity index (χ4n) is 1.48. The van der Waals surface area contributed by atoms with Crippen LogP contribution in [0, 0.1) is 0 Å². The Balaban J connectivity index is 2.65. The van der Waals surface area contributed by atoms with Crippen molar-refractivity contribution in [2.75, 3.05) is 14.1 Å². The Hall–Kier alpha value is -1.36. The largest absolute Gasteiger partial charge is 0.340 e. The van der Waals surface area contributed by atoms with Crippen molar-refractivity contribution in [3.8, 4) is 0 Å². The van der Waals surface area contributed by atoms with Gasteiger partial charge in [0.15, 0.2) is 0 Å². The van der Waals surface area contributed by atoms with Crippen LogP contribution in [-0.4, -0.2) is 40.2 Å². The van der Waals surface area contributed by atoms with Crippen LogP contribution in [0.4, 0.5) is 0 Å². The van der Waals surface area contributed by atoms with Crippen LogP contribution in [0.3, 0.4) is 0 Å². The molecule has 0 atom stereocenters. The van der Waals surface area contributed by atoms with Gasteiger partial charge in [-0.25, -0.2) is 0 Å². The first-order valence-electron chi connectivity index (χ1n) is 5.29. The maximum atomic E-state index is 12.0. The van der Waals surface area contributed by atoms with Gasteiger partial charge in [0.25, 0.3) is 0 Å². The number of aryl methyl sites for hydroxylation is 1. The molecule has 5 heteroatoms. The van der Waals surface area contributed by atoms with Crippen molar-refractivity contribution in [1.82, 2.24) is 20.0 Å². The normalized spacial score (nSPS) is 11.6. The number of hydrogen-bond donors (Lipinski definition) is 1. The molecule has 0 spiro atoms. The minimum absolute atomic E-state index is 0.0684. The molecule has 16 heavy (non-hydrogen) atoms.